The van der Waals surface area contributed by atoms with Crippen LogP contribution in [0.5, 0.6) is 0 Å². The van der Waals surface area contributed by atoms with E-state index in [9.17, 15) is 19.7 Å². The summed E-state index contributed by atoms with van der Waals surface area (Å²) in [4.78, 5) is 35.9. The molecule has 0 aromatic heterocycles. The van der Waals surface area contributed by atoms with Gasteiger partial charge in [0.25, 0.3) is 11.6 Å². The number of carbonyl (C=O) groups is 2. The van der Waals surface area contributed by atoms with Crippen molar-refractivity contribution in [2.45, 2.75) is 26.8 Å². The highest BCUT2D eigenvalue weighted by Gasteiger charge is 2.32. The molecule has 2 aromatic carbocycles. The van der Waals surface area contributed by atoms with Crippen LogP contribution in [0.25, 0.3) is 0 Å². The van der Waals surface area contributed by atoms with Crippen LogP contribution < -0.4 is 16.0 Å². The van der Waals surface area contributed by atoms with E-state index in [1.165, 1.54) is 12.1 Å². The zero-order chi connectivity index (χ0) is 21.3. The number of allylic oxidation sites excluding steroid dienone is 1. The molecule has 29 heavy (non-hydrogen) atoms. The Kier molecular flexibility index (Phi) is 5.69. The SMILES string of the molecule is CC1=C(C(=O)Nc2ccc(C)cc2C)C(c2ccc(Br)c([N+](=O)[O-])c2)NC(=O)N1. The molecule has 2 aromatic rings. The van der Waals surface area contributed by atoms with Crippen LogP contribution in [0.4, 0.5) is 16.2 Å². The summed E-state index contributed by atoms with van der Waals surface area (Å²) in [6.07, 6.45) is 0. The second-order valence-electron chi connectivity index (χ2n) is 6.81. The lowest BCUT2D eigenvalue weighted by Gasteiger charge is -2.28. The number of rotatable bonds is 4. The largest absolute Gasteiger partial charge is 0.327 e. The predicted octanol–water partition coefficient (Wildman–Crippen LogP) is 4.24. The molecule has 0 saturated carbocycles. The first-order valence-corrected chi connectivity index (χ1v) is 9.57. The van der Waals surface area contributed by atoms with Crippen molar-refractivity contribution in [2.75, 3.05) is 5.32 Å². The van der Waals surface area contributed by atoms with E-state index in [-0.39, 0.29) is 11.3 Å². The Morgan fingerprint density at radius 2 is 1.90 bits per heavy atom. The van der Waals surface area contributed by atoms with Crippen molar-refractivity contribution in [2.24, 2.45) is 0 Å². The van der Waals surface area contributed by atoms with Crippen molar-refractivity contribution < 1.29 is 14.5 Å². The first-order chi connectivity index (χ1) is 13.7. The number of hydrogen-bond donors (Lipinski definition) is 3. The number of nitro groups is 1. The summed E-state index contributed by atoms with van der Waals surface area (Å²) in [6.45, 7) is 5.47. The molecule has 9 heteroatoms. The quantitative estimate of drug-likeness (QED) is 0.469. The Morgan fingerprint density at radius 1 is 1.17 bits per heavy atom. The van der Waals surface area contributed by atoms with Gasteiger partial charge in [0, 0.05) is 17.5 Å². The van der Waals surface area contributed by atoms with Crippen molar-refractivity contribution >= 4 is 39.2 Å². The van der Waals surface area contributed by atoms with Crippen molar-refractivity contribution in [1.29, 1.82) is 0 Å². The number of nitrogens with one attached hydrogen (secondary N) is 3. The van der Waals surface area contributed by atoms with Gasteiger partial charge in [0.05, 0.1) is 21.0 Å². The topological polar surface area (TPSA) is 113 Å². The van der Waals surface area contributed by atoms with E-state index in [0.29, 0.717) is 21.4 Å². The zero-order valence-electron chi connectivity index (χ0n) is 16.0. The second kappa shape index (κ2) is 8.04. The molecule has 150 valence electrons. The van der Waals surface area contributed by atoms with Crippen LogP contribution in [-0.2, 0) is 4.79 Å². The normalized spacial score (nSPS) is 16.1. The first-order valence-electron chi connectivity index (χ1n) is 8.78. The molecule has 1 atom stereocenters. The van der Waals surface area contributed by atoms with E-state index in [0.717, 1.165) is 11.1 Å². The molecule has 1 heterocycles. The molecule has 0 fully saturated rings. The third-order valence-corrected chi connectivity index (χ3v) is 5.31. The fourth-order valence-electron chi connectivity index (χ4n) is 3.24. The zero-order valence-corrected chi connectivity index (χ0v) is 17.6. The fraction of sp³-hybridized carbons (Fsp3) is 0.200. The number of halogens is 1. The van der Waals surface area contributed by atoms with E-state index in [2.05, 4.69) is 31.9 Å². The number of nitro benzene ring substituents is 1. The average Bonchev–Trinajstić information content (AvgIpc) is 2.63. The number of urea groups is 1. The number of aryl methyl sites for hydroxylation is 2. The average molecular weight is 459 g/mol. The molecule has 3 rings (SSSR count). The highest BCUT2D eigenvalue weighted by Crippen LogP contribution is 2.33. The monoisotopic (exact) mass is 458 g/mol. The maximum Gasteiger partial charge on any atom is 0.319 e. The van der Waals surface area contributed by atoms with Crippen LogP contribution in [-0.4, -0.2) is 16.9 Å². The minimum atomic E-state index is -0.832. The summed E-state index contributed by atoms with van der Waals surface area (Å²) in [5.74, 6) is -0.405. The summed E-state index contributed by atoms with van der Waals surface area (Å²) >= 11 is 3.15. The Bertz CT molecular complexity index is 1060. The summed E-state index contributed by atoms with van der Waals surface area (Å²) in [5.41, 5.74) is 3.57. The number of carbonyl (C=O) groups excluding carboxylic acids is 2. The van der Waals surface area contributed by atoms with Gasteiger partial charge in [-0.15, -0.1) is 0 Å². The van der Waals surface area contributed by atoms with Gasteiger partial charge in [-0.3, -0.25) is 14.9 Å². The lowest BCUT2D eigenvalue weighted by atomic mass is 9.94. The molecule has 1 aliphatic rings. The molecular weight excluding hydrogens is 440 g/mol. The third kappa shape index (κ3) is 4.29. The minimum absolute atomic E-state index is 0.151. The molecule has 0 bridgehead atoms. The lowest BCUT2D eigenvalue weighted by Crippen LogP contribution is -2.46. The molecule has 0 saturated heterocycles. The molecule has 1 aliphatic heterocycles. The predicted molar refractivity (Wildman–Crippen MR) is 112 cm³/mol. The Hall–Kier alpha value is -3.20. The molecule has 0 spiro atoms. The van der Waals surface area contributed by atoms with Gasteiger partial charge in [0.15, 0.2) is 0 Å². The maximum absolute atomic E-state index is 13.1. The van der Waals surface area contributed by atoms with Crippen LogP contribution in [0.3, 0.4) is 0 Å². The van der Waals surface area contributed by atoms with E-state index in [1.807, 2.05) is 32.0 Å². The number of hydrogen-bond acceptors (Lipinski definition) is 4. The smallest absolute Gasteiger partial charge is 0.319 e. The Morgan fingerprint density at radius 3 is 2.55 bits per heavy atom. The van der Waals surface area contributed by atoms with E-state index < -0.39 is 22.9 Å². The van der Waals surface area contributed by atoms with Crippen molar-refractivity contribution in [1.82, 2.24) is 10.6 Å². The van der Waals surface area contributed by atoms with Gasteiger partial charge < -0.3 is 16.0 Å². The van der Waals surface area contributed by atoms with Gasteiger partial charge in [-0.1, -0.05) is 23.8 Å². The van der Waals surface area contributed by atoms with Gasteiger partial charge in [-0.25, -0.2) is 4.79 Å². The van der Waals surface area contributed by atoms with Crippen molar-refractivity contribution in [3.8, 4) is 0 Å². The minimum Gasteiger partial charge on any atom is -0.327 e. The second-order valence-corrected chi connectivity index (χ2v) is 7.66. The number of benzene rings is 2. The molecular formula is C20H19BrN4O4. The van der Waals surface area contributed by atoms with E-state index >= 15 is 0 Å². The van der Waals surface area contributed by atoms with Gasteiger partial charge in [0.2, 0.25) is 0 Å². The summed E-state index contributed by atoms with van der Waals surface area (Å²) < 4.78 is 0.313. The number of amides is 3. The molecule has 3 N–H and O–H groups in total. The Balaban J connectivity index is 2.01. The van der Waals surface area contributed by atoms with Gasteiger partial charge in [-0.05, 0) is 60.0 Å². The van der Waals surface area contributed by atoms with Crippen LogP contribution in [0.15, 0.2) is 52.1 Å². The molecule has 0 aliphatic carbocycles. The van der Waals surface area contributed by atoms with E-state index in [1.54, 1.807) is 13.0 Å². The fourth-order valence-corrected chi connectivity index (χ4v) is 3.63. The summed E-state index contributed by atoms with van der Waals surface area (Å²) in [7, 11) is 0. The van der Waals surface area contributed by atoms with Gasteiger partial charge in [-0.2, -0.15) is 0 Å². The highest BCUT2D eigenvalue weighted by molar-refractivity contribution is 9.10. The Labute approximate surface area is 175 Å². The van der Waals surface area contributed by atoms with Crippen LogP contribution in [0, 0.1) is 24.0 Å². The number of anilines is 1. The van der Waals surface area contributed by atoms with Crippen molar-refractivity contribution in [3.63, 3.8) is 0 Å². The van der Waals surface area contributed by atoms with Crippen LogP contribution >= 0.6 is 15.9 Å². The summed E-state index contributed by atoms with van der Waals surface area (Å²) in [5, 5.41) is 19.4. The molecule has 0 radical (unpaired) electrons. The number of nitrogens with zero attached hydrogens (tertiary/aromatic N) is 1. The van der Waals surface area contributed by atoms with Crippen molar-refractivity contribution in [3.05, 3.63) is 78.9 Å². The molecule has 1 unspecified atom stereocenters. The van der Waals surface area contributed by atoms with E-state index in [4.69, 9.17) is 0 Å². The summed E-state index contributed by atoms with van der Waals surface area (Å²) in [6, 6.07) is 8.84. The highest BCUT2D eigenvalue weighted by atomic mass is 79.9. The molecule has 8 nitrogen and oxygen atoms in total. The molecule has 3 amide bonds. The van der Waals surface area contributed by atoms with Gasteiger partial charge >= 0.3 is 6.03 Å². The first kappa shape index (κ1) is 20.5. The van der Waals surface area contributed by atoms with Gasteiger partial charge in [0.1, 0.15) is 0 Å². The van der Waals surface area contributed by atoms with Crippen LogP contribution in [0.2, 0.25) is 0 Å². The lowest BCUT2D eigenvalue weighted by molar-refractivity contribution is -0.385. The maximum atomic E-state index is 13.1. The third-order valence-electron chi connectivity index (χ3n) is 4.64. The standard InChI is InChI=1S/C20H19BrN4O4/c1-10-4-7-15(11(2)8-10)23-19(26)17-12(3)22-20(27)24-18(17)13-5-6-14(21)16(9-13)25(28)29/h4-9,18H,1-3H3,(H,23,26)(H2,22,24,27). The van der Waals surface area contributed by atoms with Crippen LogP contribution in [0.1, 0.15) is 29.7 Å².